The van der Waals surface area contributed by atoms with Gasteiger partial charge in [0.25, 0.3) is 5.69 Å². The molecule has 11 aliphatic heterocycles. The number of nitrogen functional groups attached to an aromatic ring is 1. The number of halogens is 7. The van der Waals surface area contributed by atoms with Crippen molar-refractivity contribution in [3.8, 4) is 0 Å². The number of nitrogens with one attached hydrogen (secondary N) is 4. The highest BCUT2D eigenvalue weighted by molar-refractivity contribution is 5.59. The SMILES string of the molecule is Cc1ccc(F)c(C2(C)COC[C@@H]2C=O)c1.Cc1ccc(F)c(C2(C)COC[C@@H]2CO)c1.Cc1ccc(F)c(C2(N)COC[C@@H]2CO)c1.Cc1ccc(F)c(C23COC[C@@H]2CON3)c1.Fc1ccccc1C12COC[C@@H]1CON2.Nc1ccc(F)c(C23COC[C@@H]2CON3)c1.O=[N+]([O-])c1ccc(F)c(C23COC[C@@H]2CON3)c1. The zero-order chi connectivity index (χ0) is 80.7. The lowest BCUT2D eigenvalue weighted by Crippen LogP contribution is -2.46. The van der Waals surface area contributed by atoms with E-state index in [1.54, 1.807) is 60.7 Å². The minimum Gasteiger partial charge on any atom is -0.399 e. The van der Waals surface area contributed by atoms with E-state index in [2.05, 4.69) is 21.9 Å². The highest BCUT2D eigenvalue weighted by Crippen LogP contribution is 2.47. The number of nitrogens with two attached hydrogens (primary N) is 2. The topological polar surface area (TPSA) is 302 Å². The van der Waals surface area contributed by atoms with Gasteiger partial charge in [0.1, 0.15) is 69.2 Å². The smallest absolute Gasteiger partial charge is 0.269 e. The van der Waals surface area contributed by atoms with Gasteiger partial charge in [-0.2, -0.15) is 21.9 Å². The molecule has 30 heteroatoms. The molecule has 7 aromatic carbocycles. The minimum atomic E-state index is -0.912. The summed E-state index contributed by atoms with van der Waals surface area (Å²) in [4.78, 5) is 42.1. The van der Waals surface area contributed by atoms with Gasteiger partial charge in [0.05, 0.1) is 136 Å². The summed E-state index contributed by atoms with van der Waals surface area (Å²) in [7, 11) is 0. The number of aryl methyl sites for hydroxylation is 4. The Hall–Kier alpha value is -7.80. The van der Waals surface area contributed by atoms with Gasteiger partial charge in [0.2, 0.25) is 0 Å². The Morgan fingerprint density at radius 1 is 0.416 bits per heavy atom. The van der Waals surface area contributed by atoms with E-state index in [0.29, 0.717) is 145 Å². The number of fused-ring (bicyclic) bond motifs is 4. The van der Waals surface area contributed by atoms with Crippen molar-refractivity contribution < 1.29 is 103 Å². The van der Waals surface area contributed by atoms with E-state index in [1.165, 1.54) is 42.5 Å². The average Bonchev–Trinajstić information content (AvgIpc) is 1.59. The lowest BCUT2D eigenvalue weighted by Gasteiger charge is -2.29. The Morgan fingerprint density at radius 2 is 0.761 bits per heavy atom. The third-order valence-electron chi connectivity index (χ3n) is 23.8. The molecule has 7 unspecified atom stereocenters. The van der Waals surface area contributed by atoms with Gasteiger partial charge in [0, 0.05) is 104 Å². The monoisotopic (exact) mass is 1580 g/mol. The fraction of sp³-hybridized carbons (Fsp3) is 0.482. The molecule has 0 spiro atoms. The van der Waals surface area contributed by atoms with E-state index in [4.69, 9.17) is 64.0 Å². The number of hydrogen-bond acceptors (Lipinski definition) is 22. The van der Waals surface area contributed by atoms with Crippen LogP contribution in [-0.4, -0.2) is 154 Å². The fourth-order valence-electron chi connectivity index (χ4n) is 16.6. The number of ether oxygens (including phenoxy) is 7. The Morgan fingerprint density at radius 3 is 1.22 bits per heavy atom. The van der Waals surface area contributed by atoms with Crippen molar-refractivity contribution in [3.05, 3.63) is 245 Å². The van der Waals surface area contributed by atoms with Crippen molar-refractivity contribution in [2.24, 2.45) is 47.2 Å². The molecule has 11 heterocycles. The van der Waals surface area contributed by atoms with Gasteiger partial charge in [-0.25, -0.2) is 30.7 Å². The number of non-ortho nitro benzene ring substituents is 1. The predicted octanol–water partition coefficient (Wildman–Crippen LogP) is 9.80. The number of hydrogen-bond donors (Lipinski definition) is 8. The van der Waals surface area contributed by atoms with Gasteiger partial charge in [-0.05, 0) is 93.4 Å². The fourth-order valence-corrected chi connectivity index (χ4v) is 16.6. The second-order valence-electron chi connectivity index (χ2n) is 31.4. The Kier molecular flexibility index (Phi) is 26.8. The van der Waals surface area contributed by atoms with Crippen LogP contribution in [0.15, 0.2) is 133 Å². The van der Waals surface area contributed by atoms with E-state index in [0.717, 1.165) is 40.7 Å². The number of aliphatic hydroxyl groups excluding tert-OH is 2. The zero-order valence-electron chi connectivity index (χ0n) is 63.8. The van der Waals surface area contributed by atoms with Crippen molar-refractivity contribution in [1.29, 1.82) is 0 Å². The molecule has 11 saturated heterocycles. The van der Waals surface area contributed by atoms with Crippen molar-refractivity contribution in [3.63, 3.8) is 0 Å². The van der Waals surface area contributed by atoms with Crippen LogP contribution in [0.25, 0.3) is 0 Å². The number of hydroxylamine groups is 4. The van der Waals surface area contributed by atoms with E-state index < -0.39 is 49.3 Å². The molecule has 0 bridgehead atoms. The van der Waals surface area contributed by atoms with Crippen LogP contribution in [0.3, 0.4) is 0 Å². The maximum Gasteiger partial charge on any atom is 0.269 e. The third kappa shape index (κ3) is 17.1. The van der Waals surface area contributed by atoms with Crippen molar-refractivity contribution in [2.45, 2.75) is 80.1 Å². The van der Waals surface area contributed by atoms with Crippen LogP contribution >= 0.6 is 0 Å². The summed E-state index contributed by atoms with van der Waals surface area (Å²) < 4.78 is 134. The molecular weight excluding hydrogens is 1480 g/mol. The number of nitrogens with zero attached hydrogens (tertiary/aromatic N) is 1. The minimum absolute atomic E-state index is 0.0243. The number of carbonyl (C=O) groups is 1. The lowest BCUT2D eigenvalue weighted by atomic mass is 9.74. The molecule has 0 aromatic heterocycles. The first kappa shape index (κ1) is 84.6. The van der Waals surface area contributed by atoms with Crippen molar-refractivity contribution >= 4 is 17.7 Å². The van der Waals surface area contributed by atoms with E-state index in [-0.39, 0.29) is 114 Å². The Balaban J connectivity index is 0.000000122. The number of anilines is 1. The highest BCUT2D eigenvalue weighted by Gasteiger charge is 2.56. The number of aliphatic hydroxyl groups is 2. The molecular formula is C83H98F7N7O16. The van der Waals surface area contributed by atoms with Gasteiger partial charge in [-0.1, -0.05) is 103 Å². The average molecular weight is 1580 g/mol. The van der Waals surface area contributed by atoms with Gasteiger partial charge in [0.15, 0.2) is 0 Å². The molecule has 7 aromatic rings. The molecule has 11 fully saturated rings. The first-order valence-electron chi connectivity index (χ1n) is 37.5. The molecule has 14 atom stereocenters. The second kappa shape index (κ2) is 35.7. The molecule has 0 radical (unpaired) electrons. The van der Waals surface area contributed by atoms with Gasteiger partial charge in [-0.3, -0.25) is 10.1 Å². The summed E-state index contributed by atoms with van der Waals surface area (Å²) in [6.07, 6.45) is 0.870. The summed E-state index contributed by atoms with van der Waals surface area (Å²) in [6.45, 7) is 19.8. The maximum atomic E-state index is 13.9. The second-order valence-corrected chi connectivity index (χ2v) is 31.4. The Labute approximate surface area is 650 Å². The van der Waals surface area contributed by atoms with Crippen LogP contribution in [0.5, 0.6) is 0 Å². The predicted molar refractivity (Wildman–Crippen MR) is 399 cm³/mol. The summed E-state index contributed by atoms with van der Waals surface area (Å²) >= 11 is 0. The maximum absolute atomic E-state index is 13.9. The van der Waals surface area contributed by atoms with Crippen LogP contribution in [0, 0.1) is 120 Å². The number of aldehydes is 1. The van der Waals surface area contributed by atoms with Crippen LogP contribution in [0.4, 0.5) is 42.1 Å². The molecule has 10 N–H and O–H groups in total. The molecule has 113 heavy (non-hydrogen) atoms. The zero-order valence-corrected chi connectivity index (χ0v) is 63.8. The van der Waals surface area contributed by atoms with E-state index in [1.807, 2.05) is 59.7 Å². The van der Waals surface area contributed by atoms with E-state index in [9.17, 15) is 55.9 Å². The summed E-state index contributed by atoms with van der Waals surface area (Å²) in [6, 6.07) is 35.0. The third-order valence-corrected chi connectivity index (χ3v) is 23.8. The van der Waals surface area contributed by atoms with Crippen molar-refractivity contribution in [1.82, 2.24) is 21.9 Å². The number of benzene rings is 7. The van der Waals surface area contributed by atoms with Crippen LogP contribution in [0.2, 0.25) is 0 Å². The quantitative estimate of drug-likeness (QED) is 0.0196. The molecule has 610 valence electrons. The van der Waals surface area contributed by atoms with Crippen LogP contribution in [-0.2, 0) is 95.8 Å². The van der Waals surface area contributed by atoms with Crippen LogP contribution < -0.4 is 33.4 Å². The number of nitro groups is 1. The largest absolute Gasteiger partial charge is 0.399 e. The van der Waals surface area contributed by atoms with E-state index >= 15 is 0 Å². The molecule has 11 aliphatic rings. The first-order valence-corrected chi connectivity index (χ1v) is 37.5. The Bertz CT molecular complexity index is 4300. The van der Waals surface area contributed by atoms with Gasteiger partial charge in [-0.15, -0.1) is 0 Å². The summed E-state index contributed by atoms with van der Waals surface area (Å²) in [5, 5.41) is 29.3. The number of rotatable bonds is 11. The number of carbonyl (C=O) groups excluding carboxylic acids is 1. The lowest BCUT2D eigenvalue weighted by molar-refractivity contribution is -0.385. The molecule has 0 aliphatic carbocycles. The normalized spacial score (nSPS) is 31.3. The van der Waals surface area contributed by atoms with Gasteiger partial charge < -0.3 is 79.0 Å². The highest BCUT2D eigenvalue weighted by atomic mass is 19.2. The molecule has 0 saturated carbocycles. The number of nitro benzene ring substituents is 1. The standard InChI is InChI=1S/C13H17FO2.C13H15FO2.C12H14FNO2.C12H16FNO2.C11H11FN2O4.C11H13FN2O2.C11H12FNO2/c2*1-9-3-4-12(14)11(5-9)13(2)8-16-7-10(13)6-15;1-8-2-3-11(13)10(4-8)12-7-15-5-9(12)6-16-14-12;1-8-2-3-11(13)10(4-8)12(14)7-16-6-9(12)5-15;12-10-2-1-8(14(15)16)3-9(10)11-6-17-4-7(11)5-18-13-11;12-10-2-1-8(13)3-9(10)11-6-15-4-7(11)5-16-14-11;12-10-4-2-1-3-9(10)11-7-14-5-8(11)6-15-13-11/h3-5,10,15H,6-8H2,1-2H3;3-6,10H,7-8H2,1-2H3;2-4,9,14H,5-7H2,1H3;2-4,9,15H,5-7,14H2,1H3;1-3,7,13H,4-6H2;1-3,7,14H,4-6,13H2;1-4,8,13H,5-7H2/t2*10-,13?;2*9-,12?;2*7-,11?;8-,11?/m0010111/s1. The van der Waals surface area contributed by atoms with Gasteiger partial charge >= 0.3 is 0 Å². The summed E-state index contributed by atoms with van der Waals surface area (Å²) in [5.74, 6) is -1.99. The molecule has 18 rings (SSSR count). The summed E-state index contributed by atoms with van der Waals surface area (Å²) in [5.41, 5.74) is 27.4. The van der Waals surface area contributed by atoms with Crippen molar-refractivity contribution in [2.75, 3.05) is 138 Å². The molecule has 0 amide bonds. The van der Waals surface area contributed by atoms with Crippen LogP contribution in [0.1, 0.15) is 75.0 Å². The first-order chi connectivity index (χ1) is 54.1. The molecule has 23 nitrogen and oxygen atoms in total.